The molecule has 5 rings (SSSR count). The standard InChI is InChI=1S/C31H28N2O4/c34-27(20-32-31(36)37-21-22-12-4-1-5-13-22)30(35)28-25-18-10-11-19-26(25)33(24-16-8-3-9-17-24)29(28)23-14-6-2-7-15-23/h1-19,27,30,34-35H,20-21H2,(H,32,36). The van der Waals surface area contributed by atoms with E-state index >= 15 is 0 Å². The van der Waals surface area contributed by atoms with Crippen LogP contribution in [0.15, 0.2) is 115 Å². The topological polar surface area (TPSA) is 83.7 Å². The summed E-state index contributed by atoms with van der Waals surface area (Å²) in [5.41, 5.74) is 4.99. The quantitative estimate of drug-likeness (QED) is 0.263. The summed E-state index contributed by atoms with van der Waals surface area (Å²) < 4.78 is 7.34. The first-order valence-electron chi connectivity index (χ1n) is 12.2. The SMILES string of the molecule is O=C(NCC(O)C(O)c1c(-c2ccccc2)n(-c2ccccc2)c2ccccc12)OCc1ccccc1. The Labute approximate surface area is 215 Å². The van der Waals surface area contributed by atoms with Gasteiger partial charge in [-0.05, 0) is 29.3 Å². The van der Waals surface area contributed by atoms with Gasteiger partial charge in [0.05, 0.1) is 11.2 Å². The summed E-state index contributed by atoms with van der Waals surface area (Å²) in [6.07, 6.45) is -3.19. The summed E-state index contributed by atoms with van der Waals surface area (Å²) in [7, 11) is 0. The third-order valence-electron chi connectivity index (χ3n) is 6.30. The van der Waals surface area contributed by atoms with Crippen molar-refractivity contribution < 1.29 is 19.7 Å². The predicted octanol–water partition coefficient (Wildman–Crippen LogP) is 5.62. The van der Waals surface area contributed by atoms with Crippen molar-refractivity contribution in [3.63, 3.8) is 0 Å². The number of nitrogens with zero attached hydrogens (tertiary/aromatic N) is 1. The zero-order chi connectivity index (χ0) is 25.6. The number of aromatic nitrogens is 1. The van der Waals surface area contributed by atoms with Crippen LogP contribution in [0.25, 0.3) is 27.8 Å². The van der Waals surface area contributed by atoms with Crippen molar-refractivity contribution >= 4 is 17.0 Å². The molecule has 2 atom stereocenters. The molecule has 5 aromatic rings. The van der Waals surface area contributed by atoms with Crippen LogP contribution in [0, 0.1) is 0 Å². The smallest absolute Gasteiger partial charge is 0.407 e. The van der Waals surface area contributed by atoms with E-state index in [0.29, 0.717) is 5.56 Å². The van der Waals surface area contributed by atoms with Gasteiger partial charge in [0.25, 0.3) is 0 Å². The number of rotatable bonds is 8. The molecule has 0 radical (unpaired) electrons. The molecule has 0 aliphatic carbocycles. The van der Waals surface area contributed by atoms with Crippen LogP contribution in [0.2, 0.25) is 0 Å². The van der Waals surface area contributed by atoms with Crippen LogP contribution in [-0.2, 0) is 11.3 Å². The van der Waals surface area contributed by atoms with Gasteiger partial charge >= 0.3 is 6.09 Å². The Morgan fingerprint density at radius 3 is 2.08 bits per heavy atom. The van der Waals surface area contributed by atoms with E-state index in [1.165, 1.54) is 0 Å². The summed E-state index contributed by atoms with van der Waals surface area (Å²) >= 11 is 0. The molecule has 6 heteroatoms. The van der Waals surface area contributed by atoms with E-state index in [0.717, 1.165) is 33.4 Å². The molecule has 0 aliphatic heterocycles. The Kier molecular flexibility index (Phi) is 7.31. The van der Waals surface area contributed by atoms with Crippen molar-refractivity contribution in [1.82, 2.24) is 9.88 Å². The Balaban J connectivity index is 1.46. The molecule has 0 saturated carbocycles. The minimum atomic E-state index is -1.26. The second-order valence-electron chi connectivity index (χ2n) is 8.77. The van der Waals surface area contributed by atoms with Gasteiger partial charge in [-0.2, -0.15) is 0 Å². The maximum Gasteiger partial charge on any atom is 0.407 e. The molecule has 4 aromatic carbocycles. The van der Waals surface area contributed by atoms with Crippen LogP contribution in [0.3, 0.4) is 0 Å². The molecule has 2 unspecified atom stereocenters. The van der Waals surface area contributed by atoms with Crippen molar-refractivity contribution in [1.29, 1.82) is 0 Å². The van der Waals surface area contributed by atoms with Crippen molar-refractivity contribution in [2.24, 2.45) is 0 Å². The highest BCUT2D eigenvalue weighted by Crippen LogP contribution is 2.40. The number of nitrogens with one attached hydrogen (secondary N) is 1. The van der Waals surface area contributed by atoms with E-state index in [9.17, 15) is 15.0 Å². The minimum absolute atomic E-state index is 0.119. The van der Waals surface area contributed by atoms with Gasteiger partial charge in [0, 0.05) is 23.2 Å². The normalized spacial score (nSPS) is 12.7. The highest BCUT2D eigenvalue weighted by Gasteiger charge is 2.29. The Morgan fingerprint density at radius 1 is 0.784 bits per heavy atom. The number of hydrogen-bond acceptors (Lipinski definition) is 4. The Bertz CT molecular complexity index is 1470. The molecule has 6 nitrogen and oxygen atoms in total. The average Bonchev–Trinajstić information content (AvgIpc) is 3.31. The van der Waals surface area contributed by atoms with E-state index < -0.39 is 18.3 Å². The van der Waals surface area contributed by atoms with Gasteiger partial charge in [0.2, 0.25) is 0 Å². The molecular formula is C31H28N2O4. The van der Waals surface area contributed by atoms with E-state index in [-0.39, 0.29) is 13.2 Å². The number of benzene rings is 4. The zero-order valence-electron chi connectivity index (χ0n) is 20.2. The lowest BCUT2D eigenvalue weighted by Gasteiger charge is -2.21. The third kappa shape index (κ3) is 5.26. The fourth-order valence-electron chi connectivity index (χ4n) is 4.56. The molecule has 0 bridgehead atoms. The number of alkyl carbamates (subject to hydrolysis) is 1. The van der Waals surface area contributed by atoms with Crippen LogP contribution in [0.5, 0.6) is 0 Å². The van der Waals surface area contributed by atoms with Gasteiger partial charge in [0.15, 0.2) is 0 Å². The van der Waals surface area contributed by atoms with Gasteiger partial charge in [-0.25, -0.2) is 4.79 Å². The van der Waals surface area contributed by atoms with Crippen LogP contribution in [0.4, 0.5) is 4.79 Å². The molecule has 186 valence electrons. The van der Waals surface area contributed by atoms with E-state index in [1.54, 1.807) is 0 Å². The molecule has 0 aliphatic rings. The van der Waals surface area contributed by atoms with Crippen molar-refractivity contribution in [2.45, 2.75) is 18.8 Å². The van der Waals surface area contributed by atoms with Gasteiger partial charge in [-0.1, -0.05) is 97.1 Å². The lowest BCUT2D eigenvalue weighted by Crippen LogP contribution is -2.35. The van der Waals surface area contributed by atoms with Gasteiger partial charge in [-0.3, -0.25) is 0 Å². The highest BCUT2D eigenvalue weighted by atomic mass is 16.5. The summed E-state index contributed by atoms with van der Waals surface area (Å²) in [5, 5.41) is 25.8. The van der Waals surface area contributed by atoms with Crippen molar-refractivity contribution in [3.8, 4) is 16.9 Å². The molecule has 0 fully saturated rings. The van der Waals surface area contributed by atoms with Crippen molar-refractivity contribution in [3.05, 3.63) is 126 Å². The molecular weight excluding hydrogens is 464 g/mol. The number of para-hydroxylation sites is 2. The number of aliphatic hydroxyl groups is 2. The lowest BCUT2D eigenvalue weighted by molar-refractivity contribution is 0.0195. The lowest BCUT2D eigenvalue weighted by atomic mass is 9.97. The first-order valence-corrected chi connectivity index (χ1v) is 12.2. The molecule has 37 heavy (non-hydrogen) atoms. The molecule has 1 amide bonds. The predicted molar refractivity (Wildman–Crippen MR) is 144 cm³/mol. The highest BCUT2D eigenvalue weighted by molar-refractivity contribution is 5.94. The maximum atomic E-state index is 12.2. The maximum absolute atomic E-state index is 12.2. The second kappa shape index (κ2) is 11.1. The van der Waals surface area contributed by atoms with Crippen LogP contribution < -0.4 is 5.32 Å². The van der Waals surface area contributed by atoms with E-state index in [4.69, 9.17) is 4.74 Å². The third-order valence-corrected chi connectivity index (χ3v) is 6.30. The average molecular weight is 493 g/mol. The fourth-order valence-corrected chi connectivity index (χ4v) is 4.56. The number of amides is 1. The number of aliphatic hydroxyl groups excluding tert-OH is 2. The molecule has 0 spiro atoms. The number of hydrogen-bond donors (Lipinski definition) is 3. The number of fused-ring (bicyclic) bond motifs is 1. The first-order chi connectivity index (χ1) is 18.1. The Hall–Kier alpha value is -4.39. The van der Waals surface area contributed by atoms with Gasteiger partial charge < -0.3 is 24.8 Å². The summed E-state index contributed by atoms with van der Waals surface area (Å²) in [6, 6.07) is 36.8. The first kappa shape index (κ1) is 24.3. The second-order valence-corrected chi connectivity index (χ2v) is 8.77. The summed E-state index contributed by atoms with van der Waals surface area (Å²) in [5.74, 6) is 0. The molecule has 3 N–H and O–H groups in total. The van der Waals surface area contributed by atoms with Gasteiger partial charge in [0.1, 0.15) is 18.8 Å². The van der Waals surface area contributed by atoms with Gasteiger partial charge in [-0.15, -0.1) is 0 Å². The summed E-state index contributed by atoms with van der Waals surface area (Å²) in [4.78, 5) is 12.2. The monoisotopic (exact) mass is 492 g/mol. The fraction of sp³-hybridized carbons (Fsp3) is 0.129. The molecule has 0 saturated heterocycles. The zero-order valence-corrected chi connectivity index (χ0v) is 20.2. The Morgan fingerprint density at radius 2 is 1.38 bits per heavy atom. The molecule has 1 heterocycles. The molecule has 1 aromatic heterocycles. The van der Waals surface area contributed by atoms with Crippen LogP contribution in [0.1, 0.15) is 17.2 Å². The number of carbonyl (C=O) groups is 1. The minimum Gasteiger partial charge on any atom is -0.445 e. The van der Waals surface area contributed by atoms with E-state index in [1.807, 2.05) is 115 Å². The van der Waals surface area contributed by atoms with E-state index in [2.05, 4.69) is 9.88 Å². The largest absolute Gasteiger partial charge is 0.445 e. The van der Waals surface area contributed by atoms with Crippen LogP contribution >= 0.6 is 0 Å². The summed E-state index contributed by atoms with van der Waals surface area (Å²) in [6.45, 7) is -0.0537. The number of carbonyl (C=O) groups excluding carboxylic acids is 1. The van der Waals surface area contributed by atoms with Crippen LogP contribution in [-0.4, -0.2) is 33.5 Å². The number of ether oxygens (including phenoxy) is 1. The van der Waals surface area contributed by atoms with Crippen molar-refractivity contribution in [2.75, 3.05) is 6.54 Å².